The van der Waals surface area contributed by atoms with E-state index in [2.05, 4.69) is 5.10 Å². The minimum absolute atomic E-state index is 0.189. The number of ether oxygens (including phenoxy) is 1. The van der Waals surface area contributed by atoms with Crippen LogP contribution in [0.4, 0.5) is 0 Å². The van der Waals surface area contributed by atoms with Crippen molar-refractivity contribution in [3.8, 4) is 0 Å². The molecule has 0 aliphatic rings. The van der Waals surface area contributed by atoms with Gasteiger partial charge in [-0.15, -0.1) is 0 Å². The van der Waals surface area contributed by atoms with Gasteiger partial charge < -0.3 is 4.74 Å². The average Bonchev–Trinajstić information content (AvgIpc) is 2.81. The second-order valence-electron chi connectivity index (χ2n) is 4.53. The fraction of sp³-hybridized carbons (Fsp3) is 0.357. The van der Waals surface area contributed by atoms with Gasteiger partial charge >= 0.3 is 5.97 Å². The number of nitrogens with zero attached hydrogens (tertiary/aromatic N) is 2. The first-order chi connectivity index (χ1) is 9.02. The molecule has 0 unspecified atom stereocenters. The van der Waals surface area contributed by atoms with E-state index in [0.29, 0.717) is 11.1 Å². The Hall–Kier alpha value is -2.17. The molecule has 0 N–H and O–H groups in total. The normalized spacial score (nSPS) is 10.9. The van der Waals surface area contributed by atoms with Gasteiger partial charge in [0.2, 0.25) is 0 Å². The Kier molecular flexibility index (Phi) is 3.64. The summed E-state index contributed by atoms with van der Waals surface area (Å²) in [4.78, 5) is 23.2. The zero-order valence-electron chi connectivity index (χ0n) is 11.2. The molecule has 0 amide bonds. The van der Waals surface area contributed by atoms with Crippen LogP contribution in [0.1, 0.15) is 37.2 Å². The summed E-state index contributed by atoms with van der Waals surface area (Å²) < 4.78 is 6.52. The van der Waals surface area contributed by atoms with Crippen LogP contribution in [0.2, 0.25) is 0 Å². The lowest BCUT2D eigenvalue weighted by molar-refractivity contribution is -0.137. The molecule has 1 aromatic heterocycles. The van der Waals surface area contributed by atoms with E-state index in [1.807, 2.05) is 24.7 Å². The quantitative estimate of drug-likeness (QED) is 0.481. The largest absolute Gasteiger partial charge is 0.460 e. The maximum Gasteiger partial charge on any atom is 0.379 e. The van der Waals surface area contributed by atoms with Crippen LogP contribution in [0.25, 0.3) is 10.9 Å². The van der Waals surface area contributed by atoms with Crippen molar-refractivity contribution in [2.75, 3.05) is 6.61 Å². The van der Waals surface area contributed by atoms with Crippen molar-refractivity contribution in [2.24, 2.45) is 0 Å². The number of fused-ring (bicyclic) bond motifs is 1. The van der Waals surface area contributed by atoms with Gasteiger partial charge in [-0.3, -0.25) is 9.48 Å². The van der Waals surface area contributed by atoms with Crippen molar-refractivity contribution in [1.82, 2.24) is 9.78 Å². The first-order valence-electron chi connectivity index (χ1n) is 6.23. The molecule has 0 fully saturated rings. The molecular formula is C14H16N2O3. The van der Waals surface area contributed by atoms with E-state index < -0.39 is 11.8 Å². The molecule has 5 heteroatoms. The average molecular weight is 260 g/mol. The molecule has 0 aliphatic carbocycles. The summed E-state index contributed by atoms with van der Waals surface area (Å²) in [6.07, 6.45) is 1.92. The third-order valence-electron chi connectivity index (χ3n) is 2.78. The molecule has 0 saturated carbocycles. The summed E-state index contributed by atoms with van der Waals surface area (Å²) in [6.45, 7) is 5.90. The van der Waals surface area contributed by atoms with E-state index in [4.69, 9.17) is 4.74 Å². The van der Waals surface area contributed by atoms with Gasteiger partial charge in [0.1, 0.15) is 0 Å². The third kappa shape index (κ3) is 2.65. The van der Waals surface area contributed by atoms with Gasteiger partial charge in [0.15, 0.2) is 0 Å². The number of aromatic nitrogens is 2. The molecule has 0 atom stereocenters. The van der Waals surface area contributed by atoms with Crippen LogP contribution in [0.3, 0.4) is 0 Å². The second-order valence-corrected chi connectivity index (χ2v) is 4.53. The van der Waals surface area contributed by atoms with Crippen molar-refractivity contribution in [1.29, 1.82) is 0 Å². The molecule has 0 bridgehead atoms. The van der Waals surface area contributed by atoms with Crippen LogP contribution < -0.4 is 0 Å². The SMILES string of the molecule is CCOC(=O)C(=O)c1ccc2cn(C(C)C)nc2c1. The van der Waals surface area contributed by atoms with E-state index in [-0.39, 0.29) is 12.6 Å². The lowest BCUT2D eigenvalue weighted by Gasteiger charge is -2.02. The molecule has 0 spiro atoms. The molecule has 19 heavy (non-hydrogen) atoms. The number of carbonyl (C=O) groups is 2. The highest BCUT2D eigenvalue weighted by molar-refractivity contribution is 6.40. The number of Topliss-reactive ketones (excluding diaryl/α,β-unsaturated/α-hetero) is 1. The van der Waals surface area contributed by atoms with Crippen molar-refractivity contribution in [3.63, 3.8) is 0 Å². The third-order valence-corrected chi connectivity index (χ3v) is 2.78. The predicted octanol–water partition coefficient (Wildman–Crippen LogP) is 2.36. The van der Waals surface area contributed by atoms with Gasteiger partial charge in [0, 0.05) is 23.2 Å². The van der Waals surface area contributed by atoms with Gasteiger partial charge in [-0.05, 0) is 32.9 Å². The Morgan fingerprint density at radius 3 is 2.74 bits per heavy atom. The van der Waals surface area contributed by atoms with Gasteiger partial charge in [-0.25, -0.2) is 4.79 Å². The number of hydrogen-bond donors (Lipinski definition) is 0. The zero-order valence-corrected chi connectivity index (χ0v) is 11.2. The van der Waals surface area contributed by atoms with Gasteiger partial charge in [-0.1, -0.05) is 6.07 Å². The van der Waals surface area contributed by atoms with E-state index in [1.165, 1.54) is 0 Å². The van der Waals surface area contributed by atoms with Crippen molar-refractivity contribution >= 4 is 22.7 Å². The van der Waals surface area contributed by atoms with Gasteiger partial charge in [0.25, 0.3) is 5.78 Å². The van der Waals surface area contributed by atoms with Crippen LogP contribution in [0.5, 0.6) is 0 Å². The molecule has 0 radical (unpaired) electrons. The van der Waals surface area contributed by atoms with Gasteiger partial charge in [-0.2, -0.15) is 5.10 Å². The topological polar surface area (TPSA) is 61.2 Å². The lowest BCUT2D eigenvalue weighted by Crippen LogP contribution is -2.17. The fourth-order valence-corrected chi connectivity index (χ4v) is 1.76. The molecule has 100 valence electrons. The number of carbonyl (C=O) groups excluding carboxylic acids is 2. The minimum Gasteiger partial charge on any atom is -0.460 e. The smallest absolute Gasteiger partial charge is 0.379 e. The lowest BCUT2D eigenvalue weighted by atomic mass is 10.1. The molecule has 5 nitrogen and oxygen atoms in total. The minimum atomic E-state index is -0.829. The Labute approximate surface area is 111 Å². The van der Waals surface area contributed by atoms with E-state index >= 15 is 0 Å². The molecule has 2 rings (SSSR count). The molecule has 1 aromatic carbocycles. The molecule has 1 heterocycles. The van der Waals surface area contributed by atoms with Crippen LogP contribution in [0.15, 0.2) is 24.4 Å². The number of ketones is 1. The van der Waals surface area contributed by atoms with Crippen molar-refractivity contribution in [2.45, 2.75) is 26.8 Å². The maximum absolute atomic E-state index is 11.8. The van der Waals surface area contributed by atoms with Crippen LogP contribution in [0, 0.1) is 0 Å². The molecule has 0 saturated heterocycles. The van der Waals surface area contributed by atoms with Crippen LogP contribution >= 0.6 is 0 Å². The number of benzene rings is 1. The summed E-state index contributed by atoms with van der Waals surface area (Å²) in [5.41, 5.74) is 1.00. The first-order valence-corrected chi connectivity index (χ1v) is 6.23. The van der Waals surface area contributed by atoms with Crippen LogP contribution in [-0.2, 0) is 9.53 Å². The number of hydrogen-bond acceptors (Lipinski definition) is 4. The zero-order chi connectivity index (χ0) is 14.0. The summed E-state index contributed by atoms with van der Waals surface area (Å²) >= 11 is 0. The highest BCUT2D eigenvalue weighted by Crippen LogP contribution is 2.17. The highest BCUT2D eigenvalue weighted by Gasteiger charge is 2.18. The Morgan fingerprint density at radius 2 is 2.11 bits per heavy atom. The fourth-order valence-electron chi connectivity index (χ4n) is 1.76. The van der Waals surface area contributed by atoms with E-state index in [0.717, 1.165) is 5.39 Å². The summed E-state index contributed by atoms with van der Waals surface area (Å²) in [5, 5.41) is 5.31. The number of rotatable bonds is 4. The molecule has 2 aromatic rings. The molecular weight excluding hydrogens is 244 g/mol. The Balaban J connectivity index is 2.36. The van der Waals surface area contributed by atoms with Crippen molar-refractivity contribution < 1.29 is 14.3 Å². The predicted molar refractivity (Wildman–Crippen MR) is 71.1 cm³/mol. The Morgan fingerprint density at radius 1 is 1.37 bits per heavy atom. The highest BCUT2D eigenvalue weighted by atomic mass is 16.5. The van der Waals surface area contributed by atoms with Gasteiger partial charge in [0.05, 0.1) is 12.1 Å². The van der Waals surface area contributed by atoms with E-state index in [1.54, 1.807) is 25.1 Å². The Bertz CT molecular complexity index is 629. The summed E-state index contributed by atoms with van der Waals surface area (Å²) in [7, 11) is 0. The molecule has 0 aliphatic heterocycles. The maximum atomic E-state index is 11.8. The summed E-state index contributed by atoms with van der Waals surface area (Å²) in [6, 6.07) is 5.27. The van der Waals surface area contributed by atoms with Crippen LogP contribution in [-0.4, -0.2) is 28.1 Å². The second kappa shape index (κ2) is 5.22. The standard InChI is InChI=1S/C14H16N2O3/c1-4-19-14(18)13(17)10-5-6-11-8-16(9(2)3)15-12(11)7-10/h5-9H,4H2,1-3H3. The van der Waals surface area contributed by atoms with Crippen molar-refractivity contribution in [3.05, 3.63) is 30.0 Å². The number of esters is 1. The first kappa shape index (κ1) is 13.3. The summed E-state index contributed by atoms with van der Waals surface area (Å²) in [5.74, 6) is -1.46. The van der Waals surface area contributed by atoms with E-state index in [9.17, 15) is 9.59 Å². The monoisotopic (exact) mass is 260 g/mol.